The summed E-state index contributed by atoms with van der Waals surface area (Å²) in [6.45, 7) is 7.68. The highest BCUT2D eigenvalue weighted by atomic mass is 16.4. The van der Waals surface area contributed by atoms with Gasteiger partial charge in [0, 0.05) is 5.92 Å². The van der Waals surface area contributed by atoms with Crippen molar-refractivity contribution in [2.75, 3.05) is 0 Å². The molecule has 2 radical (unpaired) electrons. The van der Waals surface area contributed by atoms with Gasteiger partial charge in [0.1, 0.15) is 0 Å². The van der Waals surface area contributed by atoms with Gasteiger partial charge in [0.2, 0.25) is 0 Å². The van der Waals surface area contributed by atoms with Crippen molar-refractivity contribution in [3.05, 3.63) is 12.3 Å². The molecular weight excluding hydrogens is 98.9 g/mol. The van der Waals surface area contributed by atoms with Gasteiger partial charge in [-0.05, 0) is 6.42 Å². The van der Waals surface area contributed by atoms with Crippen LogP contribution in [0.25, 0.3) is 0 Å². The third kappa shape index (κ3) is 2.06. The molecular formula is C6H11BO. The van der Waals surface area contributed by atoms with Crippen LogP contribution in [0.3, 0.4) is 0 Å². The summed E-state index contributed by atoms with van der Waals surface area (Å²) < 4.78 is 4.41. The Hall–Kier alpha value is -0.395. The highest BCUT2D eigenvalue weighted by molar-refractivity contribution is 5.98. The van der Waals surface area contributed by atoms with Gasteiger partial charge in [0.05, 0.1) is 5.76 Å². The molecule has 0 aromatic rings. The van der Waals surface area contributed by atoms with Crippen LogP contribution in [-0.2, 0) is 4.65 Å². The SMILES string of the molecule is [B]OC(=C)C(C)CC. The summed E-state index contributed by atoms with van der Waals surface area (Å²) in [4.78, 5) is 0. The Kier molecular flexibility index (Phi) is 3.41. The van der Waals surface area contributed by atoms with Crippen LogP contribution in [0.2, 0.25) is 0 Å². The minimum atomic E-state index is 0.375. The van der Waals surface area contributed by atoms with Gasteiger partial charge >= 0.3 is 8.05 Å². The number of hydrogen-bond acceptors (Lipinski definition) is 1. The number of hydrogen-bond donors (Lipinski definition) is 0. The summed E-state index contributed by atoms with van der Waals surface area (Å²) in [6.07, 6.45) is 1.02. The van der Waals surface area contributed by atoms with Gasteiger partial charge in [0.25, 0.3) is 0 Å². The predicted octanol–water partition coefficient (Wildman–Crippen LogP) is 1.65. The minimum absolute atomic E-state index is 0.375. The topological polar surface area (TPSA) is 9.23 Å². The maximum Gasteiger partial charge on any atom is 0.373 e. The fraction of sp³-hybridized carbons (Fsp3) is 0.667. The van der Waals surface area contributed by atoms with Gasteiger partial charge in [-0.2, -0.15) is 0 Å². The highest BCUT2D eigenvalue weighted by Crippen LogP contribution is 2.10. The van der Waals surface area contributed by atoms with Crippen molar-refractivity contribution in [3.63, 3.8) is 0 Å². The molecule has 0 aromatic carbocycles. The minimum Gasteiger partial charge on any atom is -0.571 e. The molecule has 0 saturated heterocycles. The van der Waals surface area contributed by atoms with Crippen LogP contribution >= 0.6 is 0 Å². The van der Waals surface area contributed by atoms with E-state index < -0.39 is 0 Å². The maximum atomic E-state index is 4.85. The zero-order valence-corrected chi connectivity index (χ0v) is 5.48. The third-order valence-corrected chi connectivity index (χ3v) is 1.31. The lowest BCUT2D eigenvalue weighted by Gasteiger charge is -2.09. The van der Waals surface area contributed by atoms with Crippen molar-refractivity contribution in [3.8, 4) is 0 Å². The highest BCUT2D eigenvalue weighted by Gasteiger charge is 2.00. The van der Waals surface area contributed by atoms with E-state index in [1.165, 1.54) is 0 Å². The lowest BCUT2D eigenvalue weighted by Crippen LogP contribution is -1.97. The van der Waals surface area contributed by atoms with E-state index in [1.54, 1.807) is 0 Å². The fourth-order valence-electron chi connectivity index (χ4n) is 0.344. The molecule has 1 unspecified atom stereocenters. The van der Waals surface area contributed by atoms with Crippen molar-refractivity contribution >= 4 is 8.05 Å². The zero-order chi connectivity index (χ0) is 6.57. The molecule has 8 heavy (non-hydrogen) atoms. The first-order valence-corrected chi connectivity index (χ1v) is 2.77. The average molecular weight is 110 g/mol. The third-order valence-electron chi connectivity index (χ3n) is 1.31. The van der Waals surface area contributed by atoms with E-state index in [0.29, 0.717) is 11.7 Å². The molecule has 44 valence electrons. The summed E-state index contributed by atoms with van der Waals surface area (Å²) in [6, 6.07) is 0. The first-order valence-electron chi connectivity index (χ1n) is 2.77. The van der Waals surface area contributed by atoms with Gasteiger partial charge < -0.3 is 4.65 Å². The monoisotopic (exact) mass is 110 g/mol. The molecule has 0 heterocycles. The molecule has 0 aliphatic rings. The normalized spacial score (nSPS) is 12.8. The molecule has 0 N–H and O–H groups in total. The van der Waals surface area contributed by atoms with E-state index in [2.05, 4.69) is 18.2 Å². The molecule has 0 bridgehead atoms. The van der Waals surface area contributed by atoms with Crippen LogP contribution in [0.5, 0.6) is 0 Å². The Morgan fingerprint density at radius 2 is 2.38 bits per heavy atom. The summed E-state index contributed by atoms with van der Waals surface area (Å²) >= 11 is 0. The van der Waals surface area contributed by atoms with Crippen molar-refractivity contribution in [2.45, 2.75) is 20.3 Å². The van der Waals surface area contributed by atoms with E-state index in [1.807, 2.05) is 6.92 Å². The standard InChI is InChI=1S/C6H11BO/c1-4-5(2)6(3)8-7/h5H,3-4H2,1-2H3. The molecule has 1 atom stereocenters. The Bertz CT molecular complexity index is 80.6. The molecule has 0 aliphatic carbocycles. The molecule has 0 rings (SSSR count). The molecule has 0 aliphatic heterocycles. The second-order valence-corrected chi connectivity index (χ2v) is 1.89. The zero-order valence-electron chi connectivity index (χ0n) is 5.48. The van der Waals surface area contributed by atoms with Crippen LogP contribution in [0, 0.1) is 5.92 Å². The van der Waals surface area contributed by atoms with Crippen molar-refractivity contribution in [1.29, 1.82) is 0 Å². The van der Waals surface area contributed by atoms with Crippen LogP contribution in [0.15, 0.2) is 12.3 Å². The molecule has 0 saturated carbocycles. The summed E-state index contributed by atoms with van der Waals surface area (Å²) in [5.74, 6) is 1.03. The van der Waals surface area contributed by atoms with Gasteiger partial charge in [-0.3, -0.25) is 0 Å². The maximum absolute atomic E-state index is 4.85. The van der Waals surface area contributed by atoms with E-state index in [0.717, 1.165) is 6.42 Å². The second-order valence-electron chi connectivity index (χ2n) is 1.89. The number of allylic oxidation sites excluding steroid dienone is 1. The molecule has 2 heteroatoms. The van der Waals surface area contributed by atoms with Gasteiger partial charge in [-0.15, -0.1) is 0 Å². The number of rotatable bonds is 3. The average Bonchev–Trinajstić information content (AvgIpc) is 1.84. The van der Waals surface area contributed by atoms with E-state index in [9.17, 15) is 0 Å². The first-order chi connectivity index (χ1) is 3.72. The molecule has 0 amide bonds. The van der Waals surface area contributed by atoms with Crippen molar-refractivity contribution in [1.82, 2.24) is 0 Å². The fourth-order valence-corrected chi connectivity index (χ4v) is 0.344. The smallest absolute Gasteiger partial charge is 0.373 e. The van der Waals surface area contributed by atoms with Gasteiger partial charge in [-0.1, -0.05) is 20.4 Å². The van der Waals surface area contributed by atoms with Crippen LogP contribution in [-0.4, -0.2) is 8.05 Å². The molecule has 0 fully saturated rings. The van der Waals surface area contributed by atoms with Crippen LogP contribution in [0.4, 0.5) is 0 Å². The largest absolute Gasteiger partial charge is 0.571 e. The van der Waals surface area contributed by atoms with Gasteiger partial charge in [-0.25, -0.2) is 0 Å². The molecule has 0 aromatic heterocycles. The lowest BCUT2D eigenvalue weighted by molar-refractivity contribution is 0.384. The van der Waals surface area contributed by atoms with Crippen LogP contribution in [0.1, 0.15) is 20.3 Å². The van der Waals surface area contributed by atoms with Gasteiger partial charge in [0.15, 0.2) is 0 Å². The Morgan fingerprint density at radius 3 is 2.50 bits per heavy atom. The Balaban J connectivity index is 3.46. The van der Waals surface area contributed by atoms with E-state index in [4.69, 9.17) is 8.05 Å². The predicted molar refractivity (Wildman–Crippen MR) is 35.4 cm³/mol. The van der Waals surface area contributed by atoms with Crippen molar-refractivity contribution in [2.24, 2.45) is 5.92 Å². The first kappa shape index (κ1) is 7.60. The van der Waals surface area contributed by atoms with Crippen LogP contribution < -0.4 is 0 Å². The summed E-state index contributed by atoms with van der Waals surface area (Å²) in [7, 11) is 4.85. The Morgan fingerprint density at radius 1 is 1.88 bits per heavy atom. The van der Waals surface area contributed by atoms with Crippen molar-refractivity contribution < 1.29 is 4.65 Å². The Labute approximate surface area is 52.2 Å². The quantitative estimate of drug-likeness (QED) is 0.396. The summed E-state index contributed by atoms with van der Waals surface area (Å²) in [5, 5.41) is 0. The van der Waals surface area contributed by atoms with E-state index in [-0.39, 0.29) is 0 Å². The molecule has 1 nitrogen and oxygen atoms in total. The lowest BCUT2D eigenvalue weighted by atomic mass is 10.1. The molecule has 0 spiro atoms. The van der Waals surface area contributed by atoms with E-state index >= 15 is 0 Å². The second kappa shape index (κ2) is 3.59. The summed E-state index contributed by atoms with van der Waals surface area (Å²) in [5.41, 5.74) is 0.